The molecule has 0 aromatic heterocycles. The number of carbonyl (C=O) groups is 1. The van der Waals surface area contributed by atoms with Crippen LogP contribution in [-0.2, 0) is 0 Å². The number of aliphatic hydroxyl groups is 1. The first-order valence-electron chi connectivity index (χ1n) is 6.41. The highest BCUT2D eigenvalue weighted by Crippen LogP contribution is 2.33. The molecule has 10 heteroatoms. The number of hydrogen-bond acceptors (Lipinski definition) is 4. The molecule has 23 heavy (non-hydrogen) atoms. The summed E-state index contributed by atoms with van der Waals surface area (Å²) in [6, 6.07) is 2.87. The Morgan fingerprint density at radius 2 is 2.04 bits per heavy atom. The third kappa shape index (κ3) is 3.46. The van der Waals surface area contributed by atoms with Gasteiger partial charge >= 0.3 is 12.5 Å². The number of nitrogens with zero attached hydrogens (tertiary/aromatic N) is 1. The van der Waals surface area contributed by atoms with Crippen LogP contribution in [-0.4, -0.2) is 53.8 Å². The van der Waals surface area contributed by atoms with E-state index in [0.29, 0.717) is 0 Å². The SMILES string of the molecule is Nc1cc(C(=O)N2CC(F)(CO)C2)ccc1OC(F)(F)C(F)F. The normalized spacial score (nSPS) is 17.1. The fourth-order valence-corrected chi connectivity index (χ4v) is 2.03. The summed E-state index contributed by atoms with van der Waals surface area (Å²) in [5.41, 5.74) is 3.07. The molecule has 1 fully saturated rings. The number of aliphatic hydroxyl groups excluding tert-OH is 1. The molecule has 0 atom stereocenters. The van der Waals surface area contributed by atoms with Gasteiger partial charge in [-0.2, -0.15) is 17.6 Å². The van der Waals surface area contributed by atoms with Crippen molar-refractivity contribution in [2.45, 2.75) is 18.2 Å². The molecular weight excluding hydrogens is 327 g/mol. The third-order valence-electron chi connectivity index (χ3n) is 3.28. The van der Waals surface area contributed by atoms with Gasteiger partial charge in [-0.3, -0.25) is 4.79 Å². The van der Waals surface area contributed by atoms with E-state index in [2.05, 4.69) is 4.74 Å². The Morgan fingerprint density at radius 1 is 1.43 bits per heavy atom. The second-order valence-corrected chi connectivity index (χ2v) is 5.19. The monoisotopic (exact) mass is 340 g/mol. The number of ether oxygens (including phenoxy) is 1. The highest BCUT2D eigenvalue weighted by atomic mass is 19.3. The number of hydrogen-bond donors (Lipinski definition) is 2. The lowest BCUT2D eigenvalue weighted by atomic mass is 9.96. The van der Waals surface area contributed by atoms with Crippen molar-refractivity contribution < 1.29 is 36.6 Å². The molecule has 1 aliphatic rings. The Hall–Kier alpha value is -2.10. The van der Waals surface area contributed by atoms with Crippen LogP contribution in [0.5, 0.6) is 5.75 Å². The third-order valence-corrected chi connectivity index (χ3v) is 3.28. The molecule has 1 aromatic carbocycles. The number of rotatable bonds is 5. The van der Waals surface area contributed by atoms with Crippen LogP contribution in [0.2, 0.25) is 0 Å². The van der Waals surface area contributed by atoms with Crippen LogP contribution in [0.25, 0.3) is 0 Å². The lowest BCUT2D eigenvalue weighted by Crippen LogP contribution is -2.62. The van der Waals surface area contributed by atoms with Crippen LogP contribution in [0.1, 0.15) is 10.4 Å². The van der Waals surface area contributed by atoms with Gasteiger partial charge in [-0.1, -0.05) is 0 Å². The van der Waals surface area contributed by atoms with E-state index in [0.717, 1.165) is 23.1 Å². The van der Waals surface area contributed by atoms with E-state index in [-0.39, 0.29) is 18.7 Å². The van der Waals surface area contributed by atoms with Crippen molar-refractivity contribution in [1.29, 1.82) is 0 Å². The van der Waals surface area contributed by atoms with E-state index >= 15 is 0 Å². The molecule has 5 nitrogen and oxygen atoms in total. The fourth-order valence-electron chi connectivity index (χ4n) is 2.03. The Balaban J connectivity index is 2.09. The van der Waals surface area contributed by atoms with Crippen LogP contribution in [0, 0.1) is 0 Å². The second-order valence-electron chi connectivity index (χ2n) is 5.19. The average molecular weight is 340 g/mol. The van der Waals surface area contributed by atoms with Crippen LogP contribution >= 0.6 is 0 Å². The molecule has 128 valence electrons. The summed E-state index contributed by atoms with van der Waals surface area (Å²) in [5, 5.41) is 8.77. The molecule has 0 spiro atoms. The molecule has 0 unspecified atom stereocenters. The molecule has 2 rings (SSSR count). The molecule has 0 aliphatic carbocycles. The van der Waals surface area contributed by atoms with Crippen LogP contribution in [0.15, 0.2) is 18.2 Å². The van der Waals surface area contributed by atoms with Crippen molar-refractivity contribution in [1.82, 2.24) is 4.90 Å². The van der Waals surface area contributed by atoms with Gasteiger partial charge in [-0.05, 0) is 18.2 Å². The van der Waals surface area contributed by atoms with Crippen LogP contribution in [0.4, 0.5) is 27.6 Å². The molecule has 0 saturated carbocycles. The Bertz CT molecular complexity index is 605. The summed E-state index contributed by atoms with van der Waals surface area (Å²) < 4.78 is 67.2. The van der Waals surface area contributed by atoms with Gasteiger partial charge in [0.05, 0.1) is 25.4 Å². The predicted octanol–water partition coefficient (Wildman–Crippen LogP) is 1.66. The Morgan fingerprint density at radius 3 is 2.52 bits per heavy atom. The van der Waals surface area contributed by atoms with Crippen molar-refractivity contribution in [2.75, 3.05) is 25.4 Å². The van der Waals surface area contributed by atoms with Crippen molar-refractivity contribution in [2.24, 2.45) is 0 Å². The minimum Gasteiger partial charge on any atom is -0.426 e. The molecule has 1 aliphatic heterocycles. The number of alkyl halides is 5. The number of benzene rings is 1. The van der Waals surface area contributed by atoms with Gasteiger partial charge in [0.15, 0.2) is 5.67 Å². The molecule has 0 bridgehead atoms. The molecule has 3 N–H and O–H groups in total. The summed E-state index contributed by atoms with van der Waals surface area (Å²) in [4.78, 5) is 13.1. The number of likely N-dealkylation sites (tertiary alicyclic amines) is 1. The maximum atomic E-state index is 13.5. The minimum atomic E-state index is -4.72. The van der Waals surface area contributed by atoms with Crippen molar-refractivity contribution in [3.8, 4) is 5.75 Å². The topological polar surface area (TPSA) is 75.8 Å². The quantitative estimate of drug-likeness (QED) is 0.631. The standard InChI is InChI=1S/C13H13F5N2O3/c14-11(15)13(17,18)23-9-2-1-7(3-8(9)19)10(22)20-4-12(16,5-20)6-21/h1-3,11,21H,4-6,19H2. The summed E-state index contributed by atoms with van der Waals surface area (Å²) in [6.45, 7) is -1.36. The summed E-state index contributed by atoms with van der Waals surface area (Å²) in [6.07, 6.45) is -8.76. The van der Waals surface area contributed by atoms with Gasteiger partial charge in [0.25, 0.3) is 5.91 Å². The first kappa shape index (κ1) is 17.3. The Labute approximate surface area is 127 Å². The molecule has 1 heterocycles. The lowest BCUT2D eigenvalue weighted by Gasteiger charge is -2.43. The largest absolute Gasteiger partial charge is 0.461 e. The second kappa shape index (κ2) is 5.84. The van der Waals surface area contributed by atoms with E-state index in [1.165, 1.54) is 0 Å². The van der Waals surface area contributed by atoms with E-state index in [4.69, 9.17) is 10.8 Å². The van der Waals surface area contributed by atoms with Gasteiger partial charge < -0.3 is 20.5 Å². The van der Waals surface area contributed by atoms with Crippen molar-refractivity contribution in [3.05, 3.63) is 23.8 Å². The maximum Gasteiger partial charge on any atom is 0.461 e. The van der Waals surface area contributed by atoms with Gasteiger partial charge in [0.2, 0.25) is 0 Å². The number of nitrogens with two attached hydrogens (primary N) is 1. The maximum absolute atomic E-state index is 13.5. The summed E-state index contributed by atoms with van der Waals surface area (Å²) in [7, 11) is 0. The fraction of sp³-hybridized carbons (Fsp3) is 0.462. The van der Waals surface area contributed by atoms with E-state index < -0.39 is 42.2 Å². The van der Waals surface area contributed by atoms with Gasteiger partial charge in [0, 0.05) is 5.56 Å². The van der Waals surface area contributed by atoms with Crippen molar-refractivity contribution in [3.63, 3.8) is 0 Å². The summed E-state index contributed by atoms with van der Waals surface area (Å²) in [5.74, 6) is -1.34. The average Bonchev–Trinajstić information content (AvgIpc) is 2.45. The lowest BCUT2D eigenvalue weighted by molar-refractivity contribution is -0.252. The first-order chi connectivity index (χ1) is 10.6. The number of halogens is 5. The number of carbonyl (C=O) groups excluding carboxylic acids is 1. The molecule has 1 aromatic rings. The minimum absolute atomic E-state index is 0.0461. The molecule has 1 saturated heterocycles. The molecular formula is C13H13F5N2O3. The molecule has 1 amide bonds. The van der Waals surface area contributed by atoms with E-state index in [1.807, 2.05) is 0 Å². The van der Waals surface area contributed by atoms with Crippen LogP contribution < -0.4 is 10.5 Å². The highest BCUT2D eigenvalue weighted by molar-refractivity contribution is 5.96. The Kier molecular flexibility index (Phi) is 4.38. The number of amides is 1. The zero-order valence-corrected chi connectivity index (χ0v) is 11.6. The van der Waals surface area contributed by atoms with E-state index in [1.54, 1.807) is 0 Å². The number of nitrogen functional groups attached to an aromatic ring is 1. The molecule has 0 radical (unpaired) electrons. The summed E-state index contributed by atoms with van der Waals surface area (Å²) >= 11 is 0. The smallest absolute Gasteiger partial charge is 0.426 e. The zero-order valence-electron chi connectivity index (χ0n) is 11.6. The van der Waals surface area contributed by atoms with Gasteiger partial charge in [-0.25, -0.2) is 4.39 Å². The first-order valence-corrected chi connectivity index (χ1v) is 6.41. The predicted molar refractivity (Wildman–Crippen MR) is 69.3 cm³/mol. The van der Waals surface area contributed by atoms with Crippen molar-refractivity contribution >= 4 is 11.6 Å². The van der Waals surface area contributed by atoms with Gasteiger partial charge in [-0.15, -0.1) is 0 Å². The van der Waals surface area contributed by atoms with Gasteiger partial charge in [0.1, 0.15) is 5.75 Å². The highest BCUT2D eigenvalue weighted by Gasteiger charge is 2.46. The number of anilines is 1. The van der Waals surface area contributed by atoms with Crippen LogP contribution in [0.3, 0.4) is 0 Å². The van der Waals surface area contributed by atoms with E-state index in [9.17, 15) is 26.7 Å². The zero-order chi connectivity index (χ0) is 17.4.